The van der Waals surface area contributed by atoms with Crippen molar-refractivity contribution in [3.8, 4) is 5.75 Å². The molecule has 2 fully saturated rings. The molecule has 0 unspecified atom stereocenters. The van der Waals surface area contributed by atoms with Gasteiger partial charge in [-0.1, -0.05) is 0 Å². The van der Waals surface area contributed by atoms with Gasteiger partial charge in [-0.15, -0.1) is 13.2 Å². The first-order valence-corrected chi connectivity index (χ1v) is 11.2. The van der Waals surface area contributed by atoms with Gasteiger partial charge >= 0.3 is 6.36 Å². The molecule has 2 aromatic heterocycles. The van der Waals surface area contributed by atoms with Crippen LogP contribution in [-0.2, 0) is 4.74 Å². The third-order valence-electron chi connectivity index (χ3n) is 6.25. The monoisotopic (exact) mass is 475 g/mol. The molecule has 0 spiro atoms. The Morgan fingerprint density at radius 2 is 1.94 bits per heavy atom. The summed E-state index contributed by atoms with van der Waals surface area (Å²) in [4.78, 5) is 27.0. The molecular formula is C23H24F3N5O3. The number of nitrogens with zero attached hydrogens (tertiary/aromatic N) is 3. The van der Waals surface area contributed by atoms with Crippen molar-refractivity contribution < 1.29 is 27.4 Å². The second kappa shape index (κ2) is 9.13. The van der Waals surface area contributed by atoms with Crippen LogP contribution in [0.15, 0.2) is 36.7 Å². The van der Waals surface area contributed by atoms with Crippen molar-refractivity contribution in [3.63, 3.8) is 0 Å². The van der Waals surface area contributed by atoms with E-state index in [2.05, 4.69) is 20.0 Å². The van der Waals surface area contributed by atoms with Crippen molar-refractivity contribution >= 4 is 22.9 Å². The molecule has 1 atom stereocenters. The van der Waals surface area contributed by atoms with E-state index in [1.54, 1.807) is 11.1 Å². The number of benzene rings is 1. The summed E-state index contributed by atoms with van der Waals surface area (Å²) >= 11 is 0. The predicted molar refractivity (Wildman–Crippen MR) is 118 cm³/mol. The topological polar surface area (TPSA) is 92.4 Å². The zero-order valence-corrected chi connectivity index (χ0v) is 18.3. The van der Waals surface area contributed by atoms with Gasteiger partial charge in [-0.3, -0.25) is 4.79 Å². The van der Waals surface area contributed by atoms with Crippen molar-refractivity contribution in [2.75, 3.05) is 31.6 Å². The van der Waals surface area contributed by atoms with Gasteiger partial charge in [0.1, 0.15) is 17.1 Å². The molecule has 1 aromatic carbocycles. The molecule has 2 aliphatic heterocycles. The fraction of sp³-hybridized carbons (Fsp3) is 0.435. The lowest BCUT2D eigenvalue weighted by Gasteiger charge is -2.32. The molecule has 11 heteroatoms. The molecule has 8 nitrogen and oxygen atoms in total. The number of likely N-dealkylation sites (tertiary alicyclic amines) is 1. The molecule has 2 N–H and O–H groups in total. The maximum Gasteiger partial charge on any atom is 0.573 e. The van der Waals surface area contributed by atoms with Gasteiger partial charge in [-0.2, -0.15) is 0 Å². The van der Waals surface area contributed by atoms with E-state index in [9.17, 15) is 18.0 Å². The van der Waals surface area contributed by atoms with E-state index in [0.717, 1.165) is 60.5 Å². The van der Waals surface area contributed by atoms with Crippen molar-refractivity contribution in [2.24, 2.45) is 0 Å². The highest BCUT2D eigenvalue weighted by molar-refractivity contribution is 5.94. The maximum absolute atomic E-state index is 12.8. The number of aromatic amines is 1. The van der Waals surface area contributed by atoms with Crippen molar-refractivity contribution in [2.45, 2.75) is 37.6 Å². The fourth-order valence-corrected chi connectivity index (χ4v) is 4.52. The Balaban J connectivity index is 1.23. The lowest BCUT2D eigenvalue weighted by Crippen LogP contribution is -2.37. The van der Waals surface area contributed by atoms with Crippen molar-refractivity contribution in [1.82, 2.24) is 19.9 Å². The molecule has 1 amide bonds. The van der Waals surface area contributed by atoms with E-state index < -0.39 is 6.36 Å². The van der Waals surface area contributed by atoms with Gasteiger partial charge in [0.15, 0.2) is 5.65 Å². The highest BCUT2D eigenvalue weighted by Gasteiger charge is 2.31. The first-order valence-electron chi connectivity index (χ1n) is 11.2. The second-order valence-corrected chi connectivity index (χ2v) is 8.54. The second-order valence-electron chi connectivity index (χ2n) is 8.54. The maximum atomic E-state index is 12.8. The minimum atomic E-state index is -4.76. The number of anilines is 1. The summed E-state index contributed by atoms with van der Waals surface area (Å²) in [5.41, 5.74) is 2.96. The SMILES string of the molecule is O=C(c1ccc(OC(F)(F)F)cc1)N1CCC(c2c[nH]c3ncc(N[C@@H]4CCOC4)nc23)CC1. The van der Waals surface area contributed by atoms with Crippen LogP contribution in [0.2, 0.25) is 0 Å². The number of nitrogens with one attached hydrogen (secondary N) is 2. The summed E-state index contributed by atoms with van der Waals surface area (Å²) in [5.74, 6) is 0.382. The van der Waals surface area contributed by atoms with Crippen LogP contribution in [0.25, 0.3) is 11.2 Å². The minimum absolute atomic E-state index is 0.207. The third-order valence-corrected chi connectivity index (χ3v) is 6.25. The summed E-state index contributed by atoms with van der Waals surface area (Å²) in [7, 11) is 0. The van der Waals surface area contributed by atoms with Crippen LogP contribution < -0.4 is 10.1 Å². The Morgan fingerprint density at radius 1 is 1.18 bits per heavy atom. The quantitative estimate of drug-likeness (QED) is 0.578. The number of carbonyl (C=O) groups is 1. The zero-order valence-electron chi connectivity index (χ0n) is 18.3. The Labute approximate surface area is 193 Å². The third kappa shape index (κ3) is 4.93. The highest BCUT2D eigenvalue weighted by Crippen LogP contribution is 2.33. The van der Waals surface area contributed by atoms with Crippen molar-refractivity contribution in [1.29, 1.82) is 0 Å². The number of ether oxygens (including phenoxy) is 2. The number of halogens is 3. The Kier molecular flexibility index (Phi) is 6.03. The summed E-state index contributed by atoms with van der Waals surface area (Å²) in [6.07, 6.45) is 1.33. The number of hydrogen-bond donors (Lipinski definition) is 2. The molecule has 5 rings (SSSR count). The lowest BCUT2D eigenvalue weighted by molar-refractivity contribution is -0.274. The van der Waals surface area contributed by atoms with E-state index in [-0.39, 0.29) is 23.6 Å². The summed E-state index contributed by atoms with van der Waals surface area (Å²) in [6.45, 7) is 2.49. The van der Waals surface area contributed by atoms with Gasteiger partial charge < -0.3 is 24.7 Å². The molecule has 0 radical (unpaired) electrons. The van der Waals surface area contributed by atoms with Crippen LogP contribution >= 0.6 is 0 Å². The van der Waals surface area contributed by atoms with Crippen LogP contribution in [-0.4, -0.2) is 64.5 Å². The van der Waals surface area contributed by atoms with E-state index in [1.807, 2.05) is 6.20 Å². The lowest BCUT2D eigenvalue weighted by atomic mass is 9.90. The number of fused-ring (bicyclic) bond motifs is 1. The number of rotatable bonds is 5. The van der Waals surface area contributed by atoms with Crippen LogP contribution in [0.5, 0.6) is 5.75 Å². The molecule has 2 saturated heterocycles. The average molecular weight is 475 g/mol. The Hall–Kier alpha value is -3.34. The van der Waals surface area contributed by atoms with Crippen LogP contribution in [0.3, 0.4) is 0 Å². The number of carbonyl (C=O) groups excluding carboxylic acids is 1. The van der Waals surface area contributed by atoms with Gasteiger partial charge in [0, 0.05) is 37.0 Å². The van der Waals surface area contributed by atoms with Gasteiger partial charge in [0.25, 0.3) is 5.91 Å². The summed E-state index contributed by atoms with van der Waals surface area (Å²) in [5, 5.41) is 3.37. The first-order chi connectivity index (χ1) is 16.4. The van der Waals surface area contributed by atoms with Gasteiger partial charge in [-0.25, -0.2) is 9.97 Å². The first kappa shape index (κ1) is 22.5. The highest BCUT2D eigenvalue weighted by atomic mass is 19.4. The van der Waals surface area contributed by atoms with E-state index in [4.69, 9.17) is 9.72 Å². The molecule has 0 aliphatic carbocycles. The number of aromatic nitrogens is 3. The number of amides is 1. The van der Waals surface area contributed by atoms with Gasteiger partial charge in [-0.05, 0) is 49.4 Å². The van der Waals surface area contributed by atoms with E-state index in [0.29, 0.717) is 25.3 Å². The number of piperidine rings is 1. The predicted octanol–water partition coefficient (Wildman–Crippen LogP) is 4.08. The number of H-pyrrole nitrogens is 1. The van der Waals surface area contributed by atoms with Crippen LogP contribution in [0.1, 0.15) is 41.1 Å². The van der Waals surface area contributed by atoms with Crippen molar-refractivity contribution in [3.05, 3.63) is 47.8 Å². The molecule has 34 heavy (non-hydrogen) atoms. The normalized spacial score (nSPS) is 19.5. The van der Waals surface area contributed by atoms with E-state index in [1.165, 1.54) is 12.1 Å². The summed E-state index contributed by atoms with van der Waals surface area (Å²) in [6, 6.07) is 5.25. The molecule has 0 bridgehead atoms. The van der Waals surface area contributed by atoms with Crippen LogP contribution in [0.4, 0.5) is 19.0 Å². The van der Waals surface area contributed by atoms with Gasteiger partial charge in [0.2, 0.25) is 0 Å². The standard InChI is InChI=1S/C23H24F3N5O3/c24-23(25,26)34-17-3-1-15(2-4-17)22(32)31-8-5-14(6-9-31)18-11-27-21-20(18)30-19(12-28-21)29-16-7-10-33-13-16/h1-4,11-12,14,16H,5-10,13H2,(H,27,28)(H,29,30)/t16-/m1/s1. The van der Waals surface area contributed by atoms with E-state index >= 15 is 0 Å². The summed E-state index contributed by atoms with van der Waals surface area (Å²) < 4.78 is 46.3. The molecule has 180 valence electrons. The van der Waals surface area contributed by atoms with Gasteiger partial charge in [0.05, 0.1) is 18.8 Å². The molecule has 3 aromatic rings. The van der Waals surface area contributed by atoms with Crippen LogP contribution in [0, 0.1) is 0 Å². The molecule has 4 heterocycles. The fourth-order valence-electron chi connectivity index (χ4n) is 4.52. The Morgan fingerprint density at radius 3 is 2.62 bits per heavy atom. The minimum Gasteiger partial charge on any atom is -0.406 e. The Bertz CT molecular complexity index is 1150. The molecule has 0 saturated carbocycles. The number of alkyl halides is 3. The zero-order chi connectivity index (χ0) is 23.7. The molecular weight excluding hydrogens is 451 g/mol. The largest absolute Gasteiger partial charge is 0.573 e. The molecule has 2 aliphatic rings. The number of hydrogen-bond acceptors (Lipinski definition) is 6. The average Bonchev–Trinajstić information content (AvgIpc) is 3.48. The smallest absolute Gasteiger partial charge is 0.406 e.